The van der Waals surface area contributed by atoms with Gasteiger partial charge in [-0.3, -0.25) is 20.1 Å². The minimum absolute atomic E-state index is 0.0759. The summed E-state index contributed by atoms with van der Waals surface area (Å²) in [6.45, 7) is 1.01. The van der Waals surface area contributed by atoms with Crippen LogP contribution in [0, 0.1) is 0 Å². The molecule has 2 aromatic heterocycles. The molecule has 1 unspecified atom stereocenters. The fourth-order valence-corrected chi connectivity index (χ4v) is 2.80. The number of aromatic nitrogens is 2. The van der Waals surface area contributed by atoms with Crippen LogP contribution in [0.2, 0.25) is 0 Å². The van der Waals surface area contributed by atoms with E-state index >= 15 is 0 Å². The SMILES string of the molecule is O=C(NCc1ccncc1)C(NCc1cccnc1)c1ccc(Br)cc1. The summed E-state index contributed by atoms with van der Waals surface area (Å²) in [7, 11) is 0. The topological polar surface area (TPSA) is 66.9 Å². The van der Waals surface area contributed by atoms with Crippen molar-refractivity contribution in [2.45, 2.75) is 19.1 Å². The summed E-state index contributed by atoms with van der Waals surface area (Å²) in [5.41, 5.74) is 2.94. The highest BCUT2D eigenvalue weighted by molar-refractivity contribution is 9.10. The maximum absolute atomic E-state index is 12.8. The molecule has 1 atom stereocenters. The third-order valence-corrected chi connectivity index (χ3v) is 4.44. The molecule has 1 amide bonds. The van der Waals surface area contributed by atoms with Gasteiger partial charge in [0.25, 0.3) is 0 Å². The zero-order valence-electron chi connectivity index (χ0n) is 14.1. The van der Waals surface area contributed by atoms with Crippen LogP contribution < -0.4 is 10.6 Å². The molecule has 0 fully saturated rings. The summed E-state index contributed by atoms with van der Waals surface area (Å²) >= 11 is 3.43. The zero-order valence-corrected chi connectivity index (χ0v) is 15.7. The summed E-state index contributed by atoms with van der Waals surface area (Å²) in [5.74, 6) is -0.0759. The van der Waals surface area contributed by atoms with Gasteiger partial charge >= 0.3 is 0 Å². The van der Waals surface area contributed by atoms with Crippen LogP contribution in [0.4, 0.5) is 0 Å². The van der Waals surface area contributed by atoms with Crippen molar-refractivity contribution in [3.63, 3.8) is 0 Å². The number of amides is 1. The fourth-order valence-electron chi connectivity index (χ4n) is 2.53. The van der Waals surface area contributed by atoms with Crippen LogP contribution in [0.25, 0.3) is 0 Å². The van der Waals surface area contributed by atoms with Crippen molar-refractivity contribution in [3.05, 3.63) is 94.5 Å². The molecule has 5 nitrogen and oxygen atoms in total. The predicted molar refractivity (Wildman–Crippen MR) is 104 cm³/mol. The summed E-state index contributed by atoms with van der Waals surface area (Å²) in [5, 5.41) is 6.32. The maximum Gasteiger partial charge on any atom is 0.242 e. The van der Waals surface area contributed by atoms with Gasteiger partial charge in [-0.2, -0.15) is 0 Å². The number of nitrogens with zero attached hydrogens (tertiary/aromatic N) is 2. The van der Waals surface area contributed by atoms with E-state index < -0.39 is 6.04 Å². The van der Waals surface area contributed by atoms with E-state index in [1.54, 1.807) is 24.8 Å². The molecule has 3 aromatic rings. The monoisotopic (exact) mass is 410 g/mol. The van der Waals surface area contributed by atoms with Crippen molar-refractivity contribution < 1.29 is 4.79 Å². The van der Waals surface area contributed by atoms with Crippen LogP contribution in [0.5, 0.6) is 0 Å². The molecule has 0 saturated carbocycles. The quantitative estimate of drug-likeness (QED) is 0.626. The average Bonchev–Trinajstić information content (AvgIpc) is 2.69. The molecule has 2 heterocycles. The van der Waals surface area contributed by atoms with E-state index in [0.717, 1.165) is 21.2 Å². The van der Waals surface area contributed by atoms with Gasteiger partial charge in [0.1, 0.15) is 6.04 Å². The van der Waals surface area contributed by atoms with E-state index in [2.05, 4.69) is 36.5 Å². The lowest BCUT2D eigenvalue weighted by atomic mass is 10.1. The second-order valence-corrected chi connectivity index (χ2v) is 6.72. The second kappa shape index (κ2) is 9.22. The first-order valence-corrected chi connectivity index (χ1v) is 9.06. The second-order valence-electron chi connectivity index (χ2n) is 5.80. The smallest absolute Gasteiger partial charge is 0.242 e. The molecule has 2 N–H and O–H groups in total. The van der Waals surface area contributed by atoms with Gasteiger partial charge in [0.2, 0.25) is 5.91 Å². The minimum atomic E-state index is -0.454. The number of hydrogen-bond donors (Lipinski definition) is 2. The standard InChI is InChI=1S/C20H19BrN4O/c21-18-5-3-17(4-6-18)19(24-14-16-2-1-9-23-12-16)20(26)25-13-15-7-10-22-11-8-15/h1-12,19,24H,13-14H2,(H,25,26). The Bertz CT molecular complexity index is 825. The van der Waals surface area contributed by atoms with E-state index in [4.69, 9.17) is 0 Å². The highest BCUT2D eigenvalue weighted by Gasteiger charge is 2.20. The summed E-state index contributed by atoms with van der Waals surface area (Å²) in [6, 6.07) is 14.9. The number of pyridine rings is 2. The normalized spacial score (nSPS) is 11.7. The Kier molecular flexibility index (Phi) is 6.46. The van der Waals surface area contributed by atoms with Crippen LogP contribution >= 0.6 is 15.9 Å². The van der Waals surface area contributed by atoms with Gasteiger partial charge in [-0.05, 0) is 47.0 Å². The van der Waals surface area contributed by atoms with Crippen LogP contribution in [0.1, 0.15) is 22.7 Å². The van der Waals surface area contributed by atoms with E-state index in [0.29, 0.717) is 13.1 Å². The maximum atomic E-state index is 12.8. The molecule has 3 rings (SSSR count). The molecule has 0 aliphatic rings. The third kappa shape index (κ3) is 5.21. The molecule has 0 aliphatic heterocycles. The molecular formula is C20H19BrN4O. The number of halogens is 1. The first kappa shape index (κ1) is 18.2. The van der Waals surface area contributed by atoms with Gasteiger partial charge in [-0.15, -0.1) is 0 Å². The molecule has 0 aliphatic carbocycles. The number of carbonyl (C=O) groups excluding carboxylic acids is 1. The summed E-state index contributed by atoms with van der Waals surface area (Å²) in [4.78, 5) is 20.9. The number of rotatable bonds is 7. The van der Waals surface area contributed by atoms with Crippen molar-refractivity contribution in [2.75, 3.05) is 0 Å². The zero-order chi connectivity index (χ0) is 18.2. The molecule has 0 saturated heterocycles. The lowest BCUT2D eigenvalue weighted by Crippen LogP contribution is -2.37. The van der Waals surface area contributed by atoms with Crippen LogP contribution in [-0.4, -0.2) is 15.9 Å². The number of hydrogen-bond acceptors (Lipinski definition) is 4. The molecular weight excluding hydrogens is 392 g/mol. The Hall–Kier alpha value is -2.57. The van der Waals surface area contributed by atoms with E-state index in [-0.39, 0.29) is 5.91 Å². The molecule has 0 spiro atoms. The van der Waals surface area contributed by atoms with Crippen LogP contribution in [0.15, 0.2) is 77.8 Å². The van der Waals surface area contributed by atoms with Gasteiger partial charge in [-0.25, -0.2) is 0 Å². The van der Waals surface area contributed by atoms with Crippen molar-refractivity contribution in [1.29, 1.82) is 0 Å². The van der Waals surface area contributed by atoms with Crippen molar-refractivity contribution in [2.24, 2.45) is 0 Å². The Morgan fingerprint density at radius 2 is 1.69 bits per heavy atom. The lowest BCUT2D eigenvalue weighted by molar-refractivity contribution is -0.123. The number of nitrogens with one attached hydrogen (secondary N) is 2. The highest BCUT2D eigenvalue weighted by Crippen LogP contribution is 2.18. The molecule has 26 heavy (non-hydrogen) atoms. The summed E-state index contributed by atoms with van der Waals surface area (Å²) < 4.78 is 0.976. The molecule has 6 heteroatoms. The van der Waals surface area contributed by atoms with Crippen LogP contribution in [0.3, 0.4) is 0 Å². The minimum Gasteiger partial charge on any atom is -0.350 e. The number of carbonyl (C=O) groups is 1. The first-order valence-electron chi connectivity index (χ1n) is 8.27. The molecule has 132 valence electrons. The van der Waals surface area contributed by atoms with E-state index in [1.807, 2.05) is 48.5 Å². The first-order chi connectivity index (χ1) is 12.7. The van der Waals surface area contributed by atoms with Gasteiger partial charge in [0.15, 0.2) is 0 Å². The van der Waals surface area contributed by atoms with Crippen LogP contribution in [-0.2, 0) is 17.9 Å². The molecule has 1 aromatic carbocycles. The predicted octanol–water partition coefficient (Wildman–Crippen LogP) is 3.39. The Morgan fingerprint density at radius 1 is 0.923 bits per heavy atom. The highest BCUT2D eigenvalue weighted by atomic mass is 79.9. The Morgan fingerprint density at radius 3 is 2.38 bits per heavy atom. The summed E-state index contributed by atoms with van der Waals surface area (Å²) in [6.07, 6.45) is 6.96. The number of benzene rings is 1. The Balaban J connectivity index is 1.71. The Labute approximate surface area is 161 Å². The molecule has 0 bridgehead atoms. The van der Waals surface area contributed by atoms with Crippen molar-refractivity contribution >= 4 is 21.8 Å². The van der Waals surface area contributed by atoms with E-state index in [1.165, 1.54) is 0 Å². The van der Waals surface area contributed by atoms with Crippen molar-refractivity contribution in [3.8, 4) is 0 Å². The van der Waals surface area contributed by atoms with Gasteiger partial charge < -0.3 is 5.32 Å². The van der Waals surface area contributed by atoms with Crippen molar-refractivity contribution in [1.82, 2.24) is 20.6 Å². The molecule has 0 radical (unpaired) electrons. The average molecular weight is 411 g/mol. The largest absolute Gasteiger partial charge is 0.350 e. The van der Waals surface area contributed by atoms with Gasteiger partial charge in [-0.1, -0.05) is 34.1 Å². The van der Waals surface area contributed by atoms with E-state index in [9.17, 15) is 4.79 Å². The third-order valence-electron chi connectivity index (χ3n) is 3.91. The van der Waals surface area contributed by atoms with Gasteiger partial charge in [0, 0.05) is 42.3 Å². The lowest BCUT2D eigenvalue weighted by Gasteiger charge is -2.19. The van der Waals surface area contributed by atoms with Gasteiger partial charge in [0.05, 0.1) is 0 Å². The fraction of sp³-hybridized carbons (Fsp3) is 0.150.